The second kappa shape index (κ2) is 4.54. The van der Waals surface area contributed by atoms with Crippen molar-refractivity contribution < 1.29 is 0 Å². The van der Waals surface area contributed by atoms with E-state index in [9.17, 15) is 0 Å². The third-order valence-electron chi connectivity index (χ3n) is 2.28. The van der Waals surface area contributed by atoms with Gasteiger partial charge in [0, 0.05) is 0 Å². The van der Waals surface area contributed by atoms with Crippen LogP contribution in [0.4, 0.5) is 0 Å². The zero-order valence-electron chi connectivity index (χ0n) is 7.94. The Morgan fingerprint density at radius 2 is 1.90 bits per heavy atom. The molecule has 0 fully saturated rings. The lowest BCUT2D eigenvalue weighted by molar-refractivity contribution is 0.430. The zero-order valence-corrected chi connectivity index (χ0v) is 7.94. The lowest BCUT2D eigenvalue weighted by Gasteiger charge is -2.19. The normalized spacial score (nSPS) is 16.0. The SMILES string of the molecule is C/C=C(\C)[C@H](CC)C(C)C. The van der Waals surface area contributed by atoms with Crippen LogP contribution in [0.2, 0.25) is 0 Å². The van der Waals surface area contributed by atoms with Gasteiger partial charge in [0.1, 0.15) is 0 Å². The molecule has 0 aliphatic heterocycles. The van der Waals surface area contributed by atoms with Gasteiger partial charge in [-0.15, -0.1) is 0 Å². The molecular weight excluding hydrogens is 120 g/mol. The maximum atomic E-state index is 2.29. The van der Waals surface area contributed by atoms with Gasteiger partial charge in [-0.1, -0.05) is 32.4 Å². The largest absolute Gasteiger partial charge is 0.0884 e. The first-order valence-electron chi connectivity index (χ1n) is 4.26. The number of allylic oxidation sites excluding steroid dienone is 2. The molecule has 1 atom stereocenters. The van der Waals surface area contributed by atoms with Crippen molar-refractivity contribution in [2.24, 2.45) is 11.8 Å². The summed E-state index contributed by atoms with van der Waals surface area (Å²) in [6.07, 6.45) is 3.50. The fourth-order valence-electron chi connectivity index (χ4n) is 1.53. The second-order valence-corrected chi connectivity index (χ2v) is 3.29. The van der Waals surface area contributed by atoms with E-state index < -0.39 is 0 Å². The molecule has 0 aliphatic carbocycles. The zero-order chi connectivity index (χ0) is 8.15. The molecule has 60 valence electrons. The van der Waals surface area contributed by atoms with Crippen molar-refractivity contribution in [3.05, 3.63) is 11.6 Å². The van der Waals surface area contributed by atoms with Crippen molar-refractivity contribution >= 4 is 0 Å². The molecule has 0 nitrogen and oxygen atoms in total. The Bertz CT molecular complexity index is 109. The molecule has 0 aromatic carbocycles. The van der Waals surface area contributed by atoms with E-state index in [2.05, 4.69) is 40.7 Å². The molecular formula is C10H20. The molecule has 0 saturated carbocycles. The van der Waals surface area contributed by atoms with Crippen molar-refractivity contribution in [1.82, 2.24) is 0 Å². The van der Waals surface area contributed by atoms with Crippen LogP contribution in [0, 0.1) is 11.8 Å². The summed E-state index contributed by atoms with van der Waals surface area (Å²) in [5.74, 6) is 1.59. The summed E-state index contributed by atoms with van der Waals surface area (Å²) in [5.41, 5.74) is 1.54. The van der Waals surface area contributed by atoms with Crippen LogP contribution in [0.15, 0.2) is 11.6 Å². The molecule has 0 aromatic heterocycles. The van der Waals surface area contributed by atoms with Gasteiger partial charge in [-0.3, -0.25) is 0 Å². The first-order chi connectivity index (χ1) is 4.63. The van der Waals surface area contributed by atoms with Crippen molar-refractivity contribution in [1.29, 1.82) is 0 Å². The Morgan fingerprint density at radius 3 is 2.00 bits per heavy atom. The fourth-order valence-corrected chi connectivity index (χ4v) is 1.53. The van der Waals surface area contributed by atoms with Crippen LogP contribution in [-0.2, 0) is 0 Å². The Kier molecular flexibility index (Phi) is 4.42. The molecule has 0 rings (SSSR count). The average Bonchev–Trinajstić information content (AvgIpc) is 1.88. The van der Waals surface area contributed by atoms with Gasteiger partial charge in [0.05, 0.1) is 0 Å². The highest BCUT2D eigenvalue weighted by Crippen LogP contribution is 2.22. The highest BCUT2D eigenvalue weighted by atomic mass is 14.2. The lowest BCUT2D eigenvalue weighted by atomic mass is 9.87. The maximum absolute atomic E-state index is 2.29. The number of hydrogen-bond acceptors (Lipinski definition) is 0. The molecule has 0 heteroatoms. The molecule has 10 heavy (non-hydrogen) atoms. The van der Waals surface area contributed by atoms with E-state index in [1.807, 2.05) is 0 Å². The lowest BCUT2D eigenvalue weighted by Crippen LogP contribution is -2.08. The van der Waals surface area contributed by atoms with Gasteiger partial charge in [0.15, 0.2) is 0 Å². The standard InChI is InChI=1S/C10H20/c1-6-9(5)10(7-2)8(3)4/h6,8,10H,7H2,1-5H3/b9-6+/t10-/m1/s1. The molecule has 0 heterocycles. The third-order valence-corrected chi connectivity index (χ3v) is 2.28. The molecule has 0 spiro atoms. The van der Waals surface area contributed by atoms with Gasteiger partial charge in [0.2, 0.25) is 0 Å². The molecule has 0 bridgehead atoms. The Hall–Kier alpha value is -0.260. The van der Waals surface area contributed by atoms with Crippen LogP contribution in [0.3, 0.4) is 0 Å². The van der Waals surface area contributed by atoms with E-state index in [0.717, 1.165) is 11.8 Å². The average molecular weight is 140 g/mol. The van der Waals surface area contributed by atoms with Crippen molar-refractivity contribution in [2.75, 3.05) is 0 Å². The van der Waals surface area contributed by atoms with Crippen LogP contribution in [0.25, 0.3) is 0 Å². The molecule has 0 aliphatic rings. The Balaban J connectivity index is 4.07. The second-order valence-electron chi connectivity index (χ2n) is 3.29. The van der Waals surface area contributed by atoms with E-state index in [-0.39, 0.29) is 0 Å². The van der Waals surface area contributed by atoms with Gasteiger partial charge in [-0.05, 0) is 32.1 Å². The minimum absolute atomic E-state index is 0.793. The maximum Gasteiger partial charge on any atom is -0.0186 e. The van der Waals surface area contributed by atoms with Gasteiger partial charge >= 0.3 is 0 Å². The molecule has 0 amide bonds. The highest BCUT2D eigenvalue weighted by molar-refractivity contribution is 5.02. The minimum Gasteiger partial charge on any atom is -0.0884 e. The molecule has 0 N–H and O–H groups in total. The van der Waals surface area contributed by atoms with Crippen molar-refractivity contribution in [3.63, 3.8) is 0 Å². The third kappa shape index (κ3) is 2.55. The number of hydrogen-bond donors (Lipinski definition) is 0. The van der Waals surface area contributed by atoms with Crippen LogP contribution >= 0.6 is 0 Å². The van der Waals surface area contributed by atoms with E-state index in [1.54, 1.807) is 0 Å². The van der Waals surface area contributed by atoms with Crippen molar-refractivity contribution in [3.8, 4) is 0 Å². The van der Waals surface area contributed by atoms with Crippen LogP contribution in [-0.4, -0.2) is 0 Å². The number of rotatable bonds is 3. The summed E-state index contributed by atoms with van der Waals surface area (Å²) in [7, 11) is 0. The monoisotopic (exact) mass is 140 g/mol. The van der Waals surface area contributed by atoms with Crippen LogP contribution in [0.5, 0.6) is 0 Å². The summed E-state index contributed by atoms with van der Waals surface area (Å²) in [5, 5.41) is 0. The predicted octanol–water partition coefficient (Wildman–Crippen LogP) is 3.63. The summed E-state index contributed by atoms with van der Waals surface area (Å²) in [6.45, 7) is 11.2. The Morgan fingerprint density at radius 1 is 1.40 bits per heavy atom. The summed E-state index contributed by atoms with van der Waals surface area (Å²) in [4.78, 5) is 0. The first-order valence-corrected chi connectivity index (χ1v) is 4.26. The van der Waals surface area contributed by atoms with E-state index in [4.69, 9.17) is 0 Å². The first kappa shape index (κ1) is 9.74. The van der Waals surface area contributed by atoms with Gasteiger partial charge in [0.25, 0.3) is 0 Å². The van der Waals surface area contributed by atoms with E-state index in [1.165, 1.54) is 12.0 Å². The van der Waals surface area contributed by atoms with Gasteiger partial charge < -0.3 is 0 Å². The Labute approximate surface area is 65.3 Å². The fraction of sp³-hybridized carbons (Fsp3) is 0.800. The van der Waals surface area contributed by atoms with E-state index in [0.29, 0.717) is 0 Å². The molecule has 0 saturated heterocycles. The smallest absolute Gasteiger partial charge is 0.0186 e. The summed E-state index contributed by atoms with van der Waals surface area (Å²) >= 11 is 0. The highest BCUT2D eigenvalue weighted by Gasteiger charge is 2.11. The minimum atomic E-state index is 0.793. The van der Waals surface area contributed by atoms with Gasteiger partial charge in [-0.25, -0.2) is 0 Å². The molecule has 0 aromatic rings. The van der Waals surface area contributed by atoms with Crippen LogP contribution in [0.1, 0.15) is 41.0 Å². The summed E-state index contributed by atoms with van der Waals surface area (Å²) < 4.78 is 0. The summed E-state index contributed by atoms with van der Waals surface area (Å²) in [6, 6.07) is 0. The molecule has 0 unspecified atom stereocenters. The van der Waals surface area contributed by atoms with E-state index >= 15 is 0 Å². The van der Waals surface area contributed by atoms with Crippen molar-refractivity contribution in [2.45, 2.75) is 41.0 Å². The predicted molar refractivity (Wildman–Crippen MR) is 48.1 cm³/mol. The van der Waals surface area contributed by atoms with Gasteiger partial charge in [-0.2, -0.15) is 0 Å². The topological polar surface area (TPSA) is 0 Å². The van der Waals surface area contributed by atoms with Crippen LogP contribution < -0.4 is 0 Å². The quantitative estimate of drug-likeness (QED) is 0.525. The molecule has 0 radical (unpaired) electrons.